The molecule has 2 aliphatic heterocycles. The van der Waals surface area contributed by atoms with Crippen LogP contribution < -0.4 is 0 Å². The first-order valence-electron chi connectivity index (χ1n) is 12.9. The molecule has 0 amide bonds. The molecule has 5 nitrogen and oxygen atoms in total. The number of hydrogen-bond donors (Lipinski definition) is 0. The minimum absolute atomic E-state index is 0.243. The van der Waals surface area contributed by atoms with Gasteiger partial charge < -0.3 is 4.57 Å². The van der Waals surface area contributed by atoms with Crippen LogP contribution in [0, 0.1) is 12.8 Å². The van der Waals surface area contributed by atoms with Crippen LogP contribution in [0.3, 0.4) is 0 Å². The number of ketones is 1. The maximum atomic E-state index is 13.4. The second-order valence-electron chi connectivity index (χ2n) is 10.4. The zero-order chi connectivity index (χ0) is 24.6. The summed E-state index contributed by atoms with van der Waals surface area (Å²) in [6, 6.07) is 18.8. The molecule has 1 atom stereocenters. The van der Waals surface area contributed by atoms with Gasteiger partial charge in [-0.15, -0.1) is 0 Å². The molecule has 2 aromatic heterocycles. The molecule has 0 N–H and O–H groups in total. The van der Waals surface area contributed by atoms with E-state index in [9.17, 15) is 4.79 Å². The van der Waals surface area contributed by atoms with E-state index in [0.29, 0.717) is 18.9 Å². The van der Waals surface area contributed by atoms with Crippen LogP contribution in [-0.2, 0) is 20.1 Å². The van der Waals surface area contributed by atoms with Crippen LogP contribution in [0.2, 0.25) is 0 Å². The van der Waals surface area contributed by atoms with E-state index >= 15 is 0 Å². The van der Waals surface area contributed by atoms with Crippen LogP contribution in [0.4, 0.5) is 0 Å². The average Bonchev–Trinajstić information content (AvgIpc) is 3.45. The van der Waals surface area contributed by atoms with Crippen molar-refractivity contribution in [1.29, 1.82) is 0 Å². The molecule has 0 unspecified atom stereocenters. The number of para-hydroxylation sites is 1. The van der Waals surface area contributed by atoms with Crippen LogP contribution >= 0.6 is 0 Å². The summed E-state index contributed by atoms with van der Waals surface area (Å²) in [5.74, 6) is 0.637. The van der Waals surface area contributed by atoms with Crippen molar-refractivity contribution in [3.8, 4) is 0 Å². The van der Waals surface area contributed by atoms with E-state index in [0.717, 1.165) is 60.6 Å². The van der Waals surface area contributed by atoms with Gasteiger partial charge in [-0.2, -0.15) is 0 Å². The fraction of sp³-hybridized carbons (Fsp3) is 0.323. The number of carbonyl (C=O) groups excluding carboxylic acids is 1. The first kappa shape index (κ1) is 22.9. The molecule has 36 heavy (non-hydrogen) atoms. The van der Waals surface area contributed by atoms with Crippen LogP contribution in [0.5, 0.6) is 0 Å². The number of aryl methyl sites for hydroxylation is 2. The number of aromatic nitrogens is 2. The number of hydrogen-bond acceptors (Lipinski definition) is 4. The van der Waals surface area contributed by atoms with Gasteiger partial charge in [0.1, 0.15) is 0 Å². The van der Waals surface area contributed by atoms with Gasteiger partial charge in [-0.25, -0.2) is 0 Å². The molecular formula is C31H32N4O. The van der Waals surface area contributed by atoms with Gasteiger partial charge in [0.05, 0.1) is 12.3 Å². The highest BCUT2D eigenvalue weighted by Crippen LogP contribution is 2.28. The topological polar surface area (TPSA) is 50.5 Å². The Hall–Kier alpha value is -3.57. The number of likely N-dealkylation sites (tertiary alicyclic amines) is 1. The van der Waals surface area contributed by atoms with Crippen molar-refractivity contribution in [3.05, 3.63) is 101 Å². The normalized spacial score (nSPS) is 17.8. The molecule has 0 bridgehead atoms. The van der Waals surface area contributed by atoms with Gasteiger partial charge in [0, 0.05) is 72.2 Å². The molecule has 6 rings (SSSR count). The zero-order valence-electron chi connectivity index (χ0n) is 21.1. The van der Waals surface area contributed by atoms with Crippen molar-refractivity contribution >= 4 is 22.4 Å². The van der Waals surface area contributed by atoms with Gasteiger partial charge in [0.2, 0.25) is 0 Å². The number of nitrogens with zero attached hydrogens (tertiary/aromatic N) is 4. The number of piperidine rings is 1. The number of rotatable bonds is 6. The van der Waals surface area contributed by atoms with Gasteiger partial charge in [0.25, 0.3) is 0 Å². The Balaban J connectivity index is 1.15. The van der Waals surface area contributed by atoms with Crippen LogP contribution in [0.25, 0.3) is 10.9 Å². The predicted molar refractivity (Wildman–Crippen MR) is 145 cm³/mol. The molecule has 1 fully saturated rings. The lowest BCUT2D eigenvalue weighted by atomic mass is 9.89. The molecule has 0 spiro atoms. The lowest BCUT2D eigenvalue weighted by molar-refractivity contribution is 0.0913. The van der Waals surface area contributed by atoms with Crippen LogP contribution in [-0.4, -0.2) is 39.0 Å². The second-order valence-corrected chi connectivity index (χ2v) is 10.4. The number of Topliss-reactive ketones (excluding diaryl/α,β-unsaturated/α-hetero) is 1. The van der Waals surface area contributed by atoms with Crippen molar-refractivity contribution in [2.45, 2.75) is 39.3 Å². The summed E-state index contributed by atoms with van der Waals surface area (Å²) in [5, 5.41) is 1.33. The van der Waals surface area contributed by atoms with E-state index in [1.807, 2.05) is 25.3 Å². The Morgan fingerprint density at radius 1 is 1.11 bits per heavy atom. The third-order valence-electron chi connectivity index (χ3n) is 7.72. The molecule has 4 aromatic rings. The highest BCUT2D eigenvalue weighted by atomic mass is 16.1. The Kier molecular flexibility index (Phi) is 6.02. The number of fused-ring (bicyclic) bond motifs is 2. The van der Waals surface area contributed by atoms with Crippen molar-refractivity contribution in [2.75, 3.05) is 13.1 Å². The molecule has 4 heterocycles. The summed E-state index contributed by atoms with van der Waals surface area (Å²) in [6.07, 6.45) is 6.95. The van der Waals surface area contributed by atoms with Gasteiger partial charge >= 0.3 is 0 Å². The van der Waals surface area contributed by atoms with Gasteiger partial charge in [-0.3, -0.25) is 19.7 Å². The van der Waals surface area contributed by atoms with Crippen LogP contribution in [0.1, 0.15) is 57.6 Å². The summed E-state index contributed by atoms with van der Waals surface area (Å²) in [4.78, 5) is 25.0. The standard InChI is InChI=1S/C31H32N4O/c1-21-14-24(11-12-32-21)31-28-16-23(9-10-25(28)17-33-31)30(36)15-22-6-5-13-35(18-22)20-26-19-34(2)29-8-4-3-7-27(26)29/h3-4,7-12,14,16,19,22H,5-6,13,15,17-18,20H2,1-2H3/t22-/m0/s1. The fourth-order valence-corrected chi connectivity index (χ4v) is 5.93. The number of aliphatic imine (C=N–C) groups is 1. The van der Waals surface area contributed by atoms with E-state index < -0.39 is 0 Å². The van der Waals surface area contributed by atoms with Gasteiger partial charge in [-0.1, -0.05) is 30.3 Å². The molecular weight excluding hydrogens is 444 g/mol. The molecule has 182 valence electrons. The first-order chi connectivity index (χ1) is 17.5. The lowest BCUT2D eigenvalue weighted by Gasteiger charge is -2.32. The van der Waals surface area contributed by atoms with E-state index in [4.69, 9.17) is 4.99 Å². The summed E-state index contributed by atoms with van der Waals surface area (Å²) in [7, 11) is 2.12. The minimum Gasteiger partial charge on any atom is -0.350 e. The molecule has 1 saturated heterocycles. The van der Waals surface area contributed by atoms with E-state index in [1.165, 1.54) is 22.0 Å². The lowest BCUT2D eigenvalue weighted by Crippen LogP contribution is -2.35. The van der Waals surface area contributed by atoms with E-state index in [-0.39, 0.29) is 5.78 Å². The first-order valence-corrected chi connectivity index (χ1v) is 12.9. The van der Waals surface area contributed by atoms with Crippen molar-refractivity contribution in [3.63, 3.8) is 0 Å². The Bertz CT molecular complexity index is 1480. The molecule has 2 aromatic carbocycles. The highest BCUT2D eigenvalue weighted by molar-refractivity contribution is 6.16. The Morgan fingerprint density at radius 3 is 2.89 bits per heavy atom. The number of carbonyl (C=O) groups is 1. The average molecular weight is 477 g/mol. The summed E-state index contributed by atoms with van der Waals surface area (Å²) in [6.45, 7) is 5.68. The van der Waals surface area contributed by atoms with Crippen LogP contribution in [0.15, 0.2) is 72.0 Å². The molecule has 5 heteroatoms. The highest BCUT2D eigenvalue weighted by Gasteiger charge is 2.25. The van der Waals surface area contributed by atoms with E-state index in [2.05, 4.69) is 70.2 Å². The molecule has 0 aliphatic carbocycles. The SMILES string of the molecule is Cc1cc(C2=NCc3ccc(C(=O)C[C@@H]4CCCN(Cc5cn(C)c6ccccc56)C4)cc32)ccn1. The molecule has 0 saturated carbocycles. The van der Waals surface area contributed by atoms with Crippen molar-refractivity contribution in [2.24, 2.45) is 18.0 Å². The van der Waals surface area contributed by atoms with E-state index in [1.54, 1.807) is 0 Å². The predicted octanol–water partition coefficient (Wildman–Crippen LogP) is 5.72. The quantitative estimate of drug-likeness (QED) is 0.335. The zero-order valence-corrected chi connectivity index (χ0v) is 21.1. The molecule has 2 aliphatic rings. The largest absolute Gasteiger partial charge is 0.350 e. The third-order valence-corrected chi connectivity index (χ3v) is 7.72. The van der Waals surface area contributed by atoms with Crippen molar-refractivity contribution in [1.82, 2.24) is 14.5 Å². The fourth-order valence-electron chi connectivity index (χ4n) is 5.93. The van der Waals surface area contributed by atoms with Crippen molar-refractivity contribution < 1.29 is 4.79 Å². The Morgan fingerprint density at radius 2 is 2.00 bits per heavy atom. The maximum absolute atomic E-state index is 13.4. The van der Waals surface area contributed by atoms with Gasteiger partial charge in [0.15, 0.2) is 5.78 Å². The summed E-state index contributed by atoms with van der Waals surface area (Å²) < 4.78 is 2.22. The van der Waals surface area contributed by atoms with Gasteiger partial charge in [-0.05, 0) is 67.6 Å². The monoisotopic (exact) mass is 476 g/mol. The summed E-state index contributed by atoms with van der Waals surface area (Å²) in [5.41, 5.74) is 8.75. The smallest absolute Gasteiger partial charge is 0.163 e. The second kappa shape index (κ2) is 9.47. The Labute approximate surface area is 212 Å². The number of benzene rings is 2. The summed E-state index contributed by atoms with van der Waals surface area (Å²) >= 11 is 0. The number of pyridine rings is 1. The molecule has 0 radical (unpaired) electrons. The maximum Gasteiger partial charge on any atom is 0.163 e. The third kappa shape index (κ3) is 4.40. The minimum atomic E-state index is 0.243.